The van der Waals surface area contributed by atoms with Crippen molar-refractivity contribution in [3.8, 4) is 17.0 Å². The number of ether oxygens (including phenoxy) is 1. The Balaban J connectivity index is 1.17. The van der Waals surface area contributed by atoms with Gasteiger partial charge in [-0.2, -0.15) is 10.2 Å². The van der Waals surface area contributed by atoms with E-state index in [1.807, 2.05) is 36.1 Å². The first-order valence-electron chi connectivity index (χ1n) is 13.0. The molecule has 11 heteroatoms. The molecular weight excluding hydrogens is 487 g/mol. The lowest BCUT2D eigenvalue weighted by Gasteiger charge is -2.40. The van der Waals surface area contributed by atoms with Gasteiger partial charge in [0.1, 0.15) is 18.3 Å². The van der Waals surface area contributed by atoms with Crippen molar-refractivity contribution in [3.63, 3.8) is 0 Å². The highest BCUT2D eigenvalue weighted by molar-refractivity contribution is 5.97. The smallest absolute Gasteiger partial charge is 0.248 e. The molecule has 198 valence electrons. The maximum Gasteiger partial charge on any atom is 0.248 e. The van der Waals surface area contributed by atoms with Crippen LogP contribution in [0.5, 0.6) is 5.75 Å². The van der Waals surface area contributed by atoms with Crippen molar-refractivity contribution in [1.29, 1.82) is 0 Å². The van der Waals surface area contributed by atoms with E-state index in [1.165, 1.54) is 6.07 Å². The summed E-state index contributed by atoms with van der Waals surface area (Å²) in [6.45, 7) is 7.32. The highest BCUT2D eigenvalue weighted by Gasteiger charge is 2.37. The van der Waals surface area contributed by atoms with Crippen LogP contribution in [0.1, 0.15) is 25.3 Å². The van der Waals surface area contributed by atoms with Crippen molar-refractivity contribution in [2.75, 3.05) is 36.5 Å². The Morgan fingerprint density at radius 3 is 2.79 bits per heavy atom. The lowest BCUT2D eigenvalue weighted by molar-refractivity contribution is -0.118. The first kappa shape index (κ1) is 24.4. The molecule has 6 heterocycles. The lowest BCUT2D eigenvalue weighted by atomic mass is 10.0. The molecule has 1 N–H and O–H groups in total. The van der Waals surface area contributed by atoms with Crippen molar-refractivity contribution >= 4 is 23.1 Å². The second-order valence-electron chi connectivity index (χ2n) is 9.98. The number of anilines is 2. The first-order valence-corrected chi connectivity index (χ1v) is 13.0. The van der Waals surface area contributed by atoms with Gasteiger partial charge in [0, 0.05) is 50.2 Å². The Bertz CT molecular complexity index is 1500. The zero-order chi connectivity index (χ0) is 26.4. The van der Waals surface area contributed by atoms with Gasteiger partial charge in [0.15, 0.2) is 23.2 Å². The molecule has 6 rings (SSSR count). The SMILES string of the molecule is CCN1CC[C@@H]1COc1cnn(C)c1-c1ccn2nc(NC(=O)[C@H]3CCN3c3ncc(C)cc3F)cc2c1. The summed E-state index contributed by atoms with van der Waals surface area (Å²) in [6, 6.07) is 7.15. The number of carbonyl (C=O) groups excluding carboxylic acids is 1. The summed E-state index contributed by atoms with van der Waals surface area (Å²) in [4.78, 5) is 21.3. The Morgan fingerprint density at radius 1 is 1.21 bits per heavy atom. The maximum absolute atomic E-state index is 14.4. The molecule has 2 atom stereocenters. The molecule has 0 bridgehead atoms. The quantitative estimate of drug-likeness (QED) is 0.383. The molecule has 1 amide bonds. The summed E-state index contributed by atoms with van der Waals surface area (Å²) in [5.41, 5.74) is 3.39. The highest BCUT2D eigenvalue weighted by atomic mass is 19.1. The van der Waals surface area contributed by atoms with Crippen molar-refractivity contribution in [2.24, 2.45) is 7.05 Å². The van der Waals surface area contributed by atoms with Gasteiger partial charge >= 0.3 is 0 Å². The average molecular weight is 519 g/mol. The summed E-state index contributed by atoms with van der Waals surface area (Å²) in [5.74, 6) is 0.727. The third-order valence-electron chi connectivity index (χ3n) is 7.55. The van der Waals surface area contributed by atoms with Gasteiger partial charge in [-0.1, -0.05) is 6.92 Å². The minimum Gasteiger partial charge on any atom is -0.488 e. The van der Waals surface area contributed by atoms with Gasteiger partial charge in [0.2, 0.25) is 5.91 Å². The molecule has 0 radical (unpaired) electrons. The average Bonchev–Trinajstić information content (AvgIpc) is 3.41. The van der Waals surface area contributed by atoms with Crippen LogP contribution in [0.15, 0.2) is 42.9 Å². The lowest BCUT2D eigenvalue weighted by Crippen LogP contribution is -2.55. The summed E-state index contributed by atoms with van der Waals surface area (Å²) < 4.78 is 24.1. The molecule has 0 saturated carbocycles. The molecule has 4 aromatic heterocycles. The zero-order valence-electron chi connectivity index (χ0n) is 21.8. The molecule has 2 saturated heterocycles. The standard InChI is InChI=1S/C27H31FN8O2/c1-4-34-8-6-19(34)16-38-23-15-30-33(3)25(23)18-5-10-36-20(12-18)13-24(32-36)31-27(37)22-7-9-35(22)26-21(28)11-17(2)14-29-26/h5,10-15,19,22H,4,6-9,16H2,1-3H3,(H,31,32,37)/t19-,22-/m1/s1. The van der Waals surface area contributed by atoms with Crippen LogP contribution in [0.25, 0.3) is 16.8 Å². The molecule has 0 aliphatic carbocycles. The van der Waals surface area contributed by atoms with Crippen molar-refractivity contribution in [2.45, 2.75) is 38.8 Å². The number of carbonyl (C=O) groups is 1. The van der Waals surface area contributed by atoms with Crippen LogP contribution in [0.4, 0.5) is 16.0 Å². The van der Waals surface area contributed by atoms with E-state index < -0.39 is 11.9 Å². The molecule has 2 aliphatic rings. The Labute approximate surface area is 220 Å². The third-order valence-corrected chi connectivity index (χ3v) is 7.55. The van der Waals surface area contributed by atoms with Crippen LogP contribution in [-0.2, 0) is 11.8 Å². The third kappa shape index (κ3) is 4.36. The number of rotatable bonds is 8. The molecule has 10 nitrogen and oxygen atoms in total. The van der Waals surface area contributed by atoms with E-state index in [2.05, 4.69) is 32.3 Å². The fraction of sp³-hybridized carbons (Fsp3) is 0.407. The summed E-state index contributed by atoms with van der Waals surface area (Å²) in [7, 11) is 1.90. The fourth-order valence-electron chi connectivity index (χ4n) is 5.20. The van der Waals surface area contributed by atoms with Crippen molar-refractivity contribution in [1.82, 2.24) is 29.3 Å². The number of likely N-dealkylation sites (N-methyl/N-ethyl adjacent to an activating group) is 1. The van der Waals surface area contributed by atoms with Crippen LogP contribution in [0, 0.1) is 12.7 Å². The topological polar surface area (TPSA) is 92.8 Å². The Kier molecular flexibility index (Phi) is 6.22. The molecule has 0 spiro atoms. The summed E-state index contributed by atoms with van der Waals surface area (Å²) in [5, 5.41) is 11.8. The monoisotopic (exact) mass is 518 g/mol. The van der Waals surface area contributed by atoms with E-state index in [1.54, 1.807) is 28.7 Å². The predicted molar refractivity (Wildman–Crippen MR) is 142 cm³/mol. The van der Waals surface area contributed by atoms with E-state index in [0.717, 1.165) is 47.6 Å². The van der Waals surface area contributed by atoms with Gasteiger partial charge in [-0.15, -0.1) is 0 Å². The second kappa shape index (κ2) is 9.71. The maximum atomic E-state index is 14.4. The van der Waals surface area contributed by atoms with Gasteiger partial charge in [0.05, 0.1) is 11.7 Å². The molecule has 0 aromatic carbocycles. The van der Waals surface area contributed by atoms with Gasteiger partial charge in [-0.3, -0.25) is 14.4 Å². The largest absolute Gasteiger partial charge is 0.488 e. The van der Waals surface area contributed by atoms with E-state index in [4.69, 9.17) is 4.74 Å². The number of amides is 1. The van der Waals surface area contributed by atoms with E-state index >= 15 is 0 Å². The van der Waals surface area contributed by atoms with E-state index in [9.17, 15) is 9.18 Å². The first-order chi connectivity index (χ1) is 18.4. The van der Waals surface area contributed by atoms with Gasteiger partial charge < -0.3 is 15.0 Å². The number of fused-ring (bicyclic) bond motifs is 1. The van der Waals surface area contributed by atoms with Crippen molar-refractivity contribution in [3.05, 3.63) is 54.2 Å². The number of pyridine rings is 2. The predicted octanol–water partition coefficient (Wildman–Crippen LogP) is 3.27. The normalized spacial score (nSPS) is 19.3. The molecule has 4 aromatic rings. The Hall–Kier alpha value is -3.99. The second-order valence-corrected chi connectivity index (χ2v) is 9.98. The van der Waals surface area contributed by atoms with Crippen LogP contribution in [0.2, 0.25) is 0 Å². The zero-order valence-corrected chi connectivity index (χ0v) is 21.8. The van der Waals surface area contributed by atoms with Crippen LogP contribution >= 0.6 is 0 Å². The minimum atomic E-state index is -0.492. The van der Waals surface area contributed by atoms with E-state index in [0.29, 0.717) is 31.4 Å². The van der Waals surface area contributed by atoms with Gasteiger partial charge in [-0.25, -0.2) is 13.9 Å². The number of halogens is 1. The minimum absolute atomic E-state index is 0.204. The van der Waals surface area contributed by atoms with Crippen molar-refractivity contribution < 1.29 is 13.9 Å². The highest BCUT2D eigenvalue weighted by Crippen LogP contribution is 2.32. The summed E-state index contributed by atoms with van der Waals surface area (Å²) >= 11 is 0. The number of aromatic nitrogens is 5. The van der Waals surface area contributed by atoms with Crippen LogP contribution < -0.4 is 15.0 Å². The van der Waals surface area contributed by atoms with Crippen LogP contribution in [-0.4, -0.2) is 73.5 Å². The van der Waals surface area contributed by atoms with E-state index in [-0.39, 0.29) is 11.7 Å². The number of nitrogens with one attached hydrogen (secondary N) is 1. The van der Waals surface area contributed by atoms with Gasteiger partial charge in [-0.05, 0) is 50.1 Å². The van der Waals surface area contributed by atoms with Crippen LogP contribution in [0.3, 0.4) is 0 Å². The number of aryl methyl sites for hydroxylation is 2. The molecule has 38 heavy (non-hydrogen) atoms. The van der Waals surface area contributed by atoms with Gasteiger partial charge in [0.25, 0.3) is 0 Å². The molecule has 2 aliphatic heterocycles. The number of nitrogens with zero attached hydrogens (tertiary/aromatic N) is 7. The molecule has 0 unspecified atom stereocenters. The summed E-state index contributed by atoms with van der Waals surface area (Å²) in [6.07, 6.45) is 6.99. The number of likely N-dealkylation sites (tertiary alicyclic amines) is 1. The number of hydrogen-bond donors (Lipinski definition) is 1. The Morgan fingerprint density at radius 2 is 2.08 bits per heavy atom. The molecular formula is C27H31FN8O2. The molecule has 2 fully saturated rings. The number of hydrogen-bond acceptors (Lipinski definition) is 7. The fourth-order valence-corrected chi connectivity index (χ4v) is 5.20.